The van der Waals surface area contributed by atoms with E-state index in [1.807, 2.05) is 0 Å². The molecule has 9 nitrogen and oxygen atoms in total. The lowest BCUT2D eigenvalue weighted by atomic mass is 10.2. The largest absolute Gasteiger partial charge is 0.469 e. The van der Waals surface area contributed by atoms with Crippen molar-refractivity contribution in [1.29, 1.82) is 0 Å². The number of nitrogens with one attached hydrogen (secondary N) is 2. The second kappa shape index (κ2) is 6.64. The lowest BCUT2D eigenvalue weighted by Gasteiger charge is -2.18. The van der Waals surface area contributed by atoms with Gasteiger partial charge < -0.3 is 9.32 Å². The van der Waals surface area contributed by atoms with Gasteiger partial charge in [0.05, 0.1) is 18.4 Å². The SMILES string of the molecule is Cc1occc1C(=O)NNC(=O)CN(C)C1=NS(=O)(=O)c2ccccc21. The summed E-state index contributed by atoms with van der Waals surface area (Å²) in [6, 6.07) is 7.86. The Balaban J connectivity index is 1.64. The average Bonchev–Trinajstić information content (AvgIpc) is 3.14. The van der Waals surface area contributed by atoms with E-state index < -0.39 is 21.8 Å². The van der Waals surface area contributed by atoms with Gasteiger partial charge in [-0.2, -0.15) is 8.42 Å². The first-order chi connectivity index (χ1) is 12.3. The number of aryl methyl sites for hydroxylation is 1. The normalized spacial score (nSPS) is 14.3. The number of amides is 2. The Morgan fingerprint density at radius 3 is 2.62 bits per heavy atom. The van der Waals surface area contributed by atoms with E-state index in [1.165, 1.54) is 30.3 Å². The summed E-state index contributed by atoms with van der Waals surface area (Å²) in [5.74, 6) is -0.450. The van der Waals surface area contributed by atoms with Crippen LogP contribution in [0.1, 0.15) is 21.7 Å². The molecule has 1 aromatic heterocycles. The molecular formula is C16H16N4O5S. The minimum absolute atomic E-state index is 0.103. The molecule has 0 saturated heterocycles. The molecule has 2 N–H and O–H groups in total. The molecule has 136 valence electrons. The summed E-state index contributed by atoms with van der Waals surface area (Å²) in [5, 5.41) is 0. The first kappa shape index (κ1) is 17.7. The van der Waals surface area contributed by atoms with Crippen LogP contribution in [-0.2, 0) is 14.8 Å². The van der Waals surface area contributed by atoms with Crippen LogP contribution in [-0.4, -0.2) is 44.6 Å². The van der Waals surface area contributed by atoms with Gasteiger partial charge in [-0.25, -0.2) is 0 Å². The van der Waals surface area contributed by atoms with Crippen molar-refractivity contribution in [1.82, 2.24) is 15.8 Å². The summed E-state index contributed by atoms with van der Waals surface area (Å²) >= 11 is 0. The van der Waals surface area contributed by atoms with Gasteiger partial charge in [0.2, 0.25) is 0 Å². The number of carbonyl (C=O) groups excluding carboxylic acids is 2. The van der Waals surface area contributed by atoms with Crippen molar-refractivity contribution >= 4 is 27.7 Å². The van der Waals surface area contributed by atoms with Crippen LogP contribution in [0, 0.1) is 6.92 Å². The molecule has 0 bridgehead atoms. The van der Waals surface area contributed by atoms with Crippen molar-refractivity contribution in [3.05, 3.63) is 53.5 Å². The van der Waals surface area contributed by atoms with Crippen LogP contribution >= 0.6 is 0 Å². The lowest BCUT2D eigenvalue weighted by Crippen LogP contribution is -2.46. The number of carbonyl (C=O) groups is 2. The number of benzene rings is 1. The highest BCUT2D eigenvalue weighted by Gasteiger charge is 2.30. The van der Waals surface area contributed by atoms with Crippen LogP contribution in [0.15, 0.2) is 50.3 Å². The molecular weight excluding hydrogens is 360 g/mol. The predicted octanol–water partition coefficient (Wildman–Crippen LogP) is 0.430. The van der Waals surface area contributed by atoms with Crippen LogP contribution in [0.3, 0.4) is 0 Å². The molecule has 1 aliphatic heterocycles. The standard InChI is InChI=1S/C16H16N4O5S/c1-10-11(7-8-25-10)16(22)18-17-14(21)9-20(2)15-12-5-3-4-6-13(12)26(23,24)19-15/h3-8H,9H2,1-2H3,(H,17,21)(H,18,22). The molecule has 0 saturated carbocycles. The number of fused-ring (bicyclic) bond motifs is 1. The van der Waals surface area contributed by atoms with Gasteiger partial charge in [-0.3, -0.25) is 20.4 Å². The average molecular weight is 376 g/mol. The molecule has 0 unspecified atom stereocenters. The Labute approximate surface area is 149 Å². The maximum Gasteiger partial charge on any atom is 0.285 e. The minimum atomic E-state index is -3.76. The molecule has 2 aromatic rings. The molecule has 26 heavy (non-hydrogen) atoms. The smallest absolute Gasteiger partial charge is 0.285 e. The zero-order valence-electron chi connectivity index (χ0n) is 14.0. The number of sulfonamides is 1. The molecule has 2 amide bonds. The highest BCUT2D eigenvalue weighted by atomic mass is 32.2. The molecule has 2 heterocycles. The molecule has 10 heteroatoms. The van der Waals surface area contributed by atoms with Gasteiger partial charge in [-0.15, -0.1) is 4.40 Å². The topological polar surface area (TPSA) is 121 Å². The fraction of sp³-hybridized carbons (Fsp3) is 0.188. The summed E-state index contributed by atoms with van der Waals surface area (Å²) in [4.78, 5) is 25.5. The Kier molecular flexibility index (Phi) is 4.51. The number of rotatable bonds is 3. The third-order valence-corrected chi connectivity index (χ3v) is 5.10. The van der Waals surface area contributed by atoms with Gasteiger partial charge in [0.25, 0.3) is 21.8 Å². The zero-order chi connectivity index (χ0) is 18.9. The number of amidine groups is 1. The molecule has 1 aromatic carbocycles. The molecule has 0 fully saturated rings. The van der Waals surface area contributed by atoms with Crippen molar-refractivity contribution in [2.45, 2.75) is 11.8 Å². The quantitative estimate of drug-likeness (QED) is 0.750. The summed E-state index contributed by atoms with van der Waals surface area (Å²) in [7, 11) is -2.22. The molecule has 0 spiro atoms. The number of furan rings is 1. The van der Waals surface area contributed by atoms with Crippen LogP contribution in [0.2, 0.25) is 0 Å². The van der Waals surface area contributed by atoms with E-state index >= 15 is 0 Å². The van der Waals surface area contributed by atoms with E-state index in [0.717, 1.165) is 0 Å². The van der Waals surface area contributed by atoms with E-state index in [0.29, 0.717) is 16.9 Å². The Morgan fingerprint density at radius 1 is 1.19 bits per heavy atom. The summed E-state index contributed by atoms with van der Waals surface area (Å²) in [5.41, 5.74) is 5.28. The third-order valence-electron chi connectivity index (χ3n) is 3.77. The first-order valence-corrected chi connectivity index (χ1v) is 9.02. The molecule has 0 radical (unpaired) electrons. The number of hydrazine groups is 1. The predicted molar refractivity (Wildman–Crippen MR) is 91.8 cm³/mol. The van der Waals surface area contributed by atoms with Crippen molar-refractivity contribution in [3.63, 3.8) is 0 Å². The van der Waals surface area contributed by atoms with Gasteiger partial charge in [0, 0.05) is 12.6 Å². The number of likely N-dealkylation sites (N-methyl/N-ethyl adjacent to an activating group) is 1. The van der Waals surface area contributed by atoms with Crippen molar-refractivity contribution < 1.29 is 22.4 Å². The van der Waals surface area contributed by atoms with Crippen molar-refractivity contribution in [2.24, 2.45) is 4.40 Å². The highest BCUT2D eigenvalue weighted by molar-refractivity contribution is 7.90. The van der Waals surface area contributed by atoms with Gasteiger partial charge in [0.1, 0.15) is 10.7 Å². The summed E-state index contributed by atoms with van der Waals surface area (Å²) in [6.07, 6.45) is 1.37. The van der Waals surface area contributed by atoms with E-state index in [9.17, 15) is 18.0 Å². The highest BCUT2D eigenvalue weighted by Crippen LogP contribution is 2.26. The Bertz CT molecular complexity index is 1010. The van der Waals surface area contributed by atoms with Gasteiger partial charge in [0.15, 0.2) is 5.84 Å². The fourth-order valence-electron chi connectivity index (χ4n) is 2.51. The first-order valence-electron chi connectivity index (χ1n) is 7.58. The number of nitrogens with zero attached hydrogens (tertiary/aromatic N) is 2. The number of hydrogen-bond donors (Lipinski definition) is 2. The zero-order valence-corrected chi connectivity index (χ0v) is 14.8. The second-order valence-corrected chi connectivity index (χ2v) is 7.21. The minimum Gasteiger partial charge on any atom is -0.469 e. The second-order valence-electron chi connectivity index (χ2n) is 5.63. The van der Waals surface area contributed by atoms with Gasteiger partial charge in [-0.05, 0) is 25.1 Å². The molecule has 3 rings (SSSR count). The van der Waals surface area contributed by atoms with Crippen molar-refractivity contribution in [3.8, 4) is 0 Å². The van der Waals surface area contributed by atoms with Crippen LogP contribution in [0.4, 0.5) is 0 Å². The Morgan fingerprint density at radius 2 is 1.92 bits per heavy atom. The summed E-state index contributed by atoms with van der Waals surface area (Å²) < 4.78 is 32.8. The fourth-order valence-corrected chi connectivity index (χ4v) is 3.76. The van der Waals surface area contributed by atoms with E-state index in [4.69, 9.17) is 4.42 Å². The number of hydrogen-bond acceptors (Lipinski definition) is 6. The van der Waals surface area contributed by atoms with Crippen LogP contribution in [0.25, 0.3) is 0 Å². The van der Waals surface area contributed by atoms with E-state index in [1.54, 1.807) is 25.1 Å². The van der Waals surface area contributed by atoms with Gasteiger partial charge >= 0.3 is 0 Å². The monoisotopic (exact) mass is 376 g/mol. The van der Waals surface area contributed by atoms with E-state index in [-0.39, 0.29) is 17.3 Å². The van der Waals surface area contributed by atoms with E-state index in [2.05, 4.69) is 15.2 Å². The lowest BCUT2D eigenvalue weighted by molar-refractivity contribution is -0.122. The van der Waals surface area contributed by atoms with Crippen molar-refractivity contribution in [2.75, 3.05) is 13.6 Å². The molecule has 0 aliphatic carbocycles. The van der Waals surface area contributed by atoms with Crippen LogP contribution in [0.5, 0.6) is 0 Å². The molecule has 0 atom stereocenters. The third kappa shape index (κ3) is 3.31. The summed E-state index contributed by atoms with van der Waals surface area (Å²) in [6.45, 7) is 1.42. The molecule has 1 aliphatic rings. The maximum absolute atomic E-state index is 12.1. The Hall–Kier alpha value is -3.14. The maximum atomic E-state index is 12.1. The van der Waals surface area contributed by atoms with Crippen LogP contribution < -0.4 is 10.9 Å². The van der Waals surface area contributed by atoms with Gasteiger partial charge in [-0.1, -0.05) is 12.1 Å².